The standard InChI is InChI=1S/C25H26N4O3S/c30-25(23-13-19-24-17(28-29-19)4-3-7-22(24)33-23)27-18(15-8-10-26-11-9-15)12-16-14-31-20-5-1-2-6-21(20)32-16/h1-7,13,15-16,18,26H,8-12,14H2,(H,27,30)(H,28,29)/t16-,18?/m0/s1. The summed E-state index contributed by atoms with van der Waals surface area (Å²) in [4.78, 5) is 15.1. The zero-order chi connectivity index (χ0) is 22.2. The average Bonchev–Trinajstić information content (AvgIpc) is 3.28. The summed E-state index contributed by atoms with van der Waals surface area (Å²) >= 11 is 1.51. The number of H-pyrrole nitrogens is 1. The molecule has 0 radical (unpaired) electrons. The van der Waals surface area contributed by atoms with Gasteiger partial charge in [0.2, 0.25) is 0 Å². The van der Waals surface area contributed by atoms with Crippen molar-refractivity contribution in [3.8, 4) is 11.5 Å². The number of piperidine rings is 1. The molecule has 2 aromatic carbocycles. The van der Waals surface area contributed by atoms with Gasteiger partial charge in [-0.2, -0.15) is 5.10 Å². The fourth-order valence-corrected chi connectivity index (χ4v) is 5.98. The summed E-state index contributed by atoms with van der Waals surface area (Å²) < 4.78 is 12.2. The molecule has 0 saturated carbocycles. The van der Waals surface area contributed by atoms with Crippen LogP contribution in [0.25, 0.3) is 17.0 Å². The molecule has 0 aliphatic carbocycles. The predicted octanol–water partition coefficient (Wildman–Crippen LogP) is 3.72. The molecular weight excluding hydrogens is 436 g/mol. The van der Waals surface area contributed by atoms with Gasteiger partial charge in [0.1, 0.15) is 12.7 Å². The van der Waals surface area contributed by atoms with E-state index in [0.29, 0.717) is 23.9 Å². The number of thioether (sulfide) groups is 1. The van der Waals surface area contributed by atoms with Crippen LogP contribution in [0.4, 0.5) is 0 Å². The molecule has 4 heterocycles. The molecule has 3 N–H and O–H groups in total. The number of carbonyl (C=O) groups excluding carboxylic acids is 1. The molecule has 8 heteroatoms. The number of nitrogens with one attached hydrogen (secondary N) is 3. The minimum absolute atomic E-state index is 0.0105. The summed E-state index contributed by atoms with van der Waals surface area (Å²) in [6, 6.07) is 13.8. The van der Waals surface area contributed by atoms with Crippen molar-refractivity contribution in [2.24, 2.45) is 5.92 Å². The van der Waals surface area contributed by atoms with Crippen molar-refractivity contribution in [1.82, 2.24) is 20.8 Å². The van der Waals surface area contributed by atoms with Gasteiger partial charge in [0.05, 0.1) is 16.1 Å². The van der Waals surface area contributed by atoms with Gasteiger partial charge < -0.3 is 20.1 Å². The molecule has 3 aliphatic rings. The molecular formula is C25H26N4O3S. The Morgan fingerprint density at radius 1 is 1.15 bits per heavy atom. The maximum atomic E-state index is 13.4. The number of fused-ring (bicyclic) bond motifs is 1. The lowest BCUT2D eigenvalue weighted by molar-refractivity contribution is -0.118. The Morgan fingerprint density at radius 2 is 2.00 bits per heavy atom. The van der Waals surface area contributed by atoms with Gasteiger partial charge in [-0.05, 0) is 62.2 Å². The topological polar surface area (TPSA) is 88.3 Å². The third-order valence-corrected chi connectivity index (χ3v) is 7.73. The molecule has 1 amide bonds. The zero-order valence-electron chi connectivity index (χ0n) is 18.2. The summed E-state index contributed by atoms with van der Waals surface area (Å²) in [6.07, 6.45) is 4.57. The molecule has 1 aromatic heterocycles. The molecule has 2 atom stereocenters. The number of nitrogens with zero attached hydrogens (tertiary/aromatic N) is 1. The van der Waals surface area contributed by atoms with Gasteiger partial charge in [0.25, 0.3) is 5.91 Å². The molecule has 1 unspecified atom stereocenters. The molecule has 0 spiro atoms. The van der Waals surface area contributed by atoms with Crippen LogP contribution in [-0.2, 0) is 4.79 Å². The van der Waals surface area contributed by atoms with Crippen LogP contribution in [0.15, 0.2) is 52.3 Å². The first-order valence-corrected chi connectivity index (χ1v) is 12.3. The summed E-state index contributed by atoms with van der Waals surface area (Å²) in [6.45, 7) is 2.43. The van der Waals surface area contributed by atoms with Gasteiger partial charge in [-0.15, -0.1) is 0 Å². The molecule has 3 aliphatic heterocycles. The van der Waals surface area contributed by atoms with Crippen LogP contribution in [0.1, 0.15) is 25.0 Å². The van der Waals surface area contributed by atoms with Gasteiger partial charge >= 0.3 is 0 Å². The first-order valence-electron chi connectivity index (χ1n) is 11.5. The van der Waals surface area contributed by atoms with Gasteiger partial charge in [-0.3, -0.25) is 9.89 Å². The fourth-order valence-electron chi connectivity index (χ4n) is 4.96. The van der Waals surface area contributed by atoms with Crippen LogP contribution >= 0.6 is 11.8 Å². The maximum Gasteiger partial charge on any atom is 0.258 e. The quantitative estimate of drug-likeness (QED) is 0.536. The highest BCUT2D eigenvalue weighted by atomic mass is 32.2. The maximum absolute atomic E-state index is 13.4. The van der Waals surface area contributed by atoms with E-state index in [1.807, 2.05) is 48.5 Å². The van der Waals surface area contributed by atoms with Crippen molar-refractivity contribution in [2.75, 3.05) is 19.7 Å². The van der Waals surface area contributed by atoms with Gasteiger partial charge in [-0.25, -0.2) is 0 Å². The lowest BCUT2D eigenvalue weighted by Crippen LogP contribution is -2.48. The molecule has 33 heavy (non-hydrogen) atoms. The number of ether oxygens (including phenoxy) is 2. The van der Waals surface area contributed by atoms with E-state index >= 15 is 0 Å². The average molecular weight is 463 g/mol. The second-order valence-electron chi connectivity index (χ2n) is 8.80. The lowest BCUT2D eigenvalue weighted by Gasteiger charge is -2.35. The Hall–Kier alpha value is -2.97. The fraction of sp³-hybridized carbons (Fsp3) is 0.360. The minimum Gasteiger partial charge on any atom is -0.486 e. The summed E-state index contributed by atoms with van der Waals surface area (Å²) in [7, 11) is 0. The van der Waals surface area contributed by atoms with E-state index in [0.717, 1.165) is 58.9 Å². The van der Waals surface area contributed by atoms with Crippen LogP contribution in [0, 0.1) is 5.92 Å². The van der Waals surface area contributed by atoms with E-state index in [2.05, 4.69) is 20.8 Å². The van der Waals surface area contributed by atoms with Crippen molar-refractivity contribution in [1.29, 1.82) is 0 Å². The van der Waals surface area contributed by atoms with Crippen molar-refractivity contribution in [2.45, 2.75) is 36.3 Å². The summed E-state index contributed by atoms with van der Waals surface area (Å²) in [5.41, 5.74) is 1.82. The Morgan fingerprint density at radius 3 is 2.88 bits per heavy atom. The number of hydrogen-bond acceptors (Lipinski definition) is 6. The second kappa shape index (κ2) is 8.76. The molecule has 1 fully saturated rings. The van der Waals surface area contributed by atoms with E-state index in [4.69, 9.17) is 9.47 Å². The Kier molecular flexibility index (Phi) is 5.47. The Bertz CT molecular complexity index is 1220. The largest absolute Gasteiger partial charge is 0.486 e. The van der Waals surface area contributed by atoms with Crippen LogP contribution in [0.3, 0.4) is 0 Å². The van der Waals surface area contributed by atoms with Crippen LogP contribution in [-0.4, -0.2) is 47.9 Å². The molecule has 170 valence electrons. The Balaban J connectivity index is 1.21. The third-order valence-electron chi connectivity index (χ3n) is 6.64. The van der Waals surface area contributed by atoms with Gasteiger partial charge in [0, 0.05) is 22.7 Å². The number of benzene rings is 2. The van der Waals surface area contributed by atoms with Gasteiger partial charge in [0.15, 0.2) is 11.5 Å². The van der Waals surface area contributed by atoms with E-state index in [1.54, 1.807) is 0 Å². The first kappa shape index (κ1) is 20.6. The van der Waals surface area contributed by atoms with Crippen LogP contribution in [0.5, 0.6) is 11.5 Å². The van der Waals surface area contributed by atoms with E-state index in [9.17, 15) is 4.79 Å². The van der Waals surface area contributed by atoms with E-state index < -0.39 is 0 Å². The normalized spacial score (nSPS) is 20.8. The second-order valence-corrected chi connectivity index (χ2v) is 9.88. The lowest BCUT2D eigenvalue weighted by atomic mass is 9.86. The van der Waals surface area contributed by atoms with Crippen molar-refractivity contribution >= 4 is 34.6 Å². The third kappa shape index (κ3) is 4.09. The first-order chi connectivity index (χ1) is 16.2. The van der Waals surface area contributed by atoms with E-state index in [1.165, 1.54) is 11.8 Å². The van der Waals surface area contributed by atoms with Crippen molar-refractivity contribution < 1.29 is 14.3 Å². The number of aromatic nitrogens is 2. The number of amides is 1. The van der Waals surface area contributed by atoms with Crippen molar-refractivity contribution in [3.05, 3.63) is 53.1 Å². The molecule has 6 rings (SSSR count). The Labute approximate surface area is 196 Å². The number of para-hydroxylation sites is 2. The summed E-state index contributed by atoms with van der Waals surface area (Å²) in [5.74, 6) is 1.90. The van der Waals surface area contributed by atoms with Crippen LogP contribution < -0.4 is 20.1 Å². The monoisotopic (exact) mass is 462 g/mol. The zero-order valence-corrected chi connectivity index (χ0v) is 19.0. The number of aromatic amines is 1. The van der Waals surface area contributed by atoms with Crippen molar-refractivity contribution in [3.63, 3.8) is 0 Å². The molecule has 1 saturated heterocycles. The summed E-state index contributed by atoms with van der Waals surface area (Å²) in [5, 5.41) is 15.3. The highest BCUT2D eigenvalue weighted by Crippen LogP contribution is 2.40. The molecule has 0 bridgehead atoms. The van der Waals surface area contributed by atoms with Crippen LogP contribution in [0.2, 0.25) is 0 Å². The number of hydrogen-bond donors (Lipinski definition) is 3. The van der Waals surface area contributed by atoms with E-state index in [-0.39, 0.29) is 18.1 Å². The number of carbonyl (C=O) groups is 1. The van der Waals surface area contributed by atoms with Gasteiger partial charge in [-0.1, -0.05) is 30.0 Å². The number of rotatable bonds is 5. The smallest absolute Gasteiger partial charge is 0.258 e. The highest BCUT2D eigenvalue weighted by Gasteiger charge is 2.32. The molecule has 3 aromatic rings. The minimum atomic E-state index is -0.0974. The molecule has 7 nitrogen and oxygen atoms in total. The predicted molar refractivity (Wildman–Crippen MR) is 128 cm³/mol. The SMILES string of the molecule is O=C(NC(C[C@H]1COc2ccccc2O1)C1CCNCC1)C1=Cc2n[nH]c3cccc(c23)S1. The highest BCUT2D eigenvalue weighted by molar-refractivity contribution is 8.04.